The highest BCUT2D eigenvalue weighted by Gasteiger charge is 2.58. The highest BCUT2D eigenvalue weighted by molar-refractivity contribution is 5.87. The zero-order valence-electron chi connectivity index (χ0n) is 7.50. The van der Waals surface area contributed by atoms with Gasteiger partial charge in [-0.25, -0.2) is 4.79 Å². The molecule has 0 aromatic heterocycles. The number of carboxylic acids is 1. The van der Waals surface area contributed by atoms with Gasteiger partial charge in [0.15, 0.2) is 0 Å². The first-order valence-electron chi connectivity index (χ1n) is 4.46. The molecule has 2 aliphatic carbocycles. The number of carboxylic acid groups (broad SMARTS) is 1. The molecule has 0 spiro atoms. The Labute approximate surface area is 72.3 Å². The molecule has 0 aliphatic heterocycles. The third kappa shape index (κ3) is 0.904. The van der Waals surface area contributed by atoms with E-state index in [1.165, 1.54) is 0 Å². The summed E-state index contributed by atoms with van der Waals surface area (Å²) in [6.07, 6.45) is 3.66. The van der Waals surface area contributed by atoms with Crippen molar-refractivity contribution in [3.05, 3.63) is 11.6 Å². The number of rotatable bonds is 1. The molecule has 66 valence electrons. The Morgan fingerprint density at radius 2 is 2.25 bits per heavy atom. The summed E-state index contributed by atoms with van der Waals surface area (Å²) in [7, 11) is 0. The lowest BCUT2D eigenvalue weighted by atomic mass is 10.00. The van der Waals surface area contributed by atoms with Crippen LogP contribution in [0.15, 0.2) is 11.6 Å². The van der Waals surface area contributed by atoms with Crippen molar-refractivity contribution in [1.82, 2.24) is 0 Å². The fraction of sp³-hybridized carbons (Fsp3) is 0.700. The van der Waals surface area contributed by atoms with Gasteiger partial charge in [0.25, 0.3) is 0 Å². The van der Waals surface area contributed by atoms with Crippen LogP contribution in [0, 0.1) is 17.3 Å². The number of allylic oxidation sites excluding steroid dienone is 1. The molecule has 0 radical (unpaired) electrons. The van der Waals surface area contributed by atoms with E-state index in [1.54, 1.807) is 0 Å². The lowest BCUT2D eigenvalue weighted by Crippen LogP contribution is -2.05. The quantitative estimate of drug-likeness (QED) is 0.647. The zero-order chi connectivity index (χ0) is 8.93. The summed E-state index contributed by atoms with van der Waals surface area (Å²) in [6, 6.07) is 0. The van der Waals surface area contributed by atoms with Crippen LogP contribution in [-0.2, 0) is 4.79 Å². The summed E-state index contributed by atoms with van der Waals surface area (Å²) >= 11 is 0. The maximum absolute atomic E-state index is 10.7. The summed E-state index contributed by atoms with van der Waals surface area (Å²) in [5, 5.41) is 8.78. The molecule has 1 saturated carbocycles. The van der Waals surface area contributed by atoms with Gasteiger partial charge in [-0.15, -0.1) is 0 Å². The van der Waals surface area contributed by atoms with Gasteiger partial charge in [0, 0.05) is 5.57 Å². The van der Waals surface area contributed by atoms with Gasteiger partial charge in [-0.05, 0) is 30.1 Å². The number of fused-ring (bicyclic) bond motifs is 1. The maximum atomic E-state index is 10.7. The minimum Gasteiger partial charge on any atom is -0.478 e. The van der Waals surface area contributed by atoms with Gasteiger partial charge in [-0.3, -0.25) is 0 Å². The van der Waals surface area contributed by atoms with Crippen molar-refractivity contribution in [1.29, 1.82) is 0 Å². The fourth-order valence-corrected chi connectivity index (χ4v) is 2.49. The van der Waals surface area contributed by atoms with Crippen molar-refractivity contribution in [2.75, 3.05) is 0 Å². The van der Waals surface area contributed by atoms with Crippen LogP contribution in [-0.4, -0.2) is 11.1 Å². The van der Waals surface area contributed by atoms with E-state index >= 15 is 0 Å². The van der Waals surface area contributed by atoms with Gasteiger partial charge in [0.2, 0.25) is 0 Å². The molecule has 0 aromatic carbocycles. The molecule has 2 nitrogen and oxygen atoms in total. The molecule has 0 bridgehead atoms. The molecule has 2 atom stereocenters. The minimum atomic E-state index is -0.726. The monoisotopic (exact) mass is 166 g/mol. The van der Waals surface area contributed by atoms with E-state index in [0.717, 1.165) is 18.8 Å². The molecule has 0 amide bonds. The van der Waals surface area contributed by atoms with Gasteiger partial charge in [-0.1, -0.05) is 19.9 Å². The molecule has 1 N–H and O–H groups in total. The van der Waals surface area contributed by atoms with Crippen LogP contribution < -0.4 is 0 Å². The van der Waals surface area contributed by atoms with Gasteiger partial charge < -0.3 is 5.11 Å². The number of carbonyl (C=O) groups is 1. The SMILES string of the molecule is CC1(C)[C@@H]2CC(C(=O)O)=CC[C@@H]21. The lowest BCUT2D eigenvalue weighted by molar-refractivity contribution is -0.132. The van der Waals surface area contributed by atoms with Gasteiger partial charge in [0.05, 0.1) is 0 Å². The van der Waals surface area contributed by atoms with E-state index in [0.29, 0.717) is 16.9 Å². The van der Waals surface area contributed by atoms with E-state index < -0.39 is 5.97 Å². The number of hydrogen-bond donors (Lipinski definition) is 1. The van der Waals surface area contributed by atoms with Crippen LogP contribution >= 0.6 is 0 Å². The molecule has 0 heterocycles. The predicted molar refractivity (Wildman–Crippen MR) is 45.7 cm³/mol. The van der Waals surface area contributed by atoms with Gasteiger partial charge in [-0.2, -0.15) is 0 Å². The van der Waals surface area contributed by atoms with Crippen molar-refractivity contribution in [3.8, 4) is 0 Å². The van der Waals surface area contributed by atoms with Crippen molar-refractivity contribution in [2.45, 2.75) is 26.7 Å². The standard InChI is InChI=1S/C10H14O2/c1-10(2)7-4-3-6(9(11)12)5-8(7)10/h3,7-8H,4-5H2,1-2H3,(H,11,12)/t7-,8+/m0/s1. The van der Waals surface area contributed by atoms with Crippen LogP contribution in [0.1, 0.15) is 26.7 Å². The number of aliphatic carboxylic acids is 1. The second kappa shape index (κ2) is 2.12. The van der Waals surface area contributed by atoms with E-state index in [1.807, 2.05) is 6.08 Å². The third-order valence-corrected chi connectivity index (χ3v) is 3.62. The highest BCUT2D eigenvalue weighted by atomic mass is 16.4. The summed E-state index contributed by atoms with van der Waals surface area (Å²) in [5.41, 5.74) is 1.02. The first kappa shape index (κ1) is 7.84. The first-order valence-corrected chi connectivity index (χ1v) is 4.46. The van der Waals surface area contributed by atoms with Crippen molar-refractivity contribution < 1.29 is 9.90 Å². The average Bonchev–Trinajstić information content (AvgIpc) is 2.55. The van der Waals surface area contributed by atoms with Crippen LogP contribution in [0.4, 0.5) is 0 Å². The Morgan fingerprint density at radius 1 is 1.58 bits per heavy atom. The molecule has 2 rings (SSSR count). The molecule has 0 unspecified atom stereocenters. The predicted octanol–water partition coefficient (Wildman–Crippen LogP) is 2.06. The second-order valence-electron chi connectivity index (χ2n) is 4.51. The minimum absolute atomic E-state index is 0.397. The van der Waals surface area contributed by atoms with E-state index in [-0.39, 0.29) is 0 Å². The molecule has 2 aliphatic rings. The Balaban J connectivity index is 2.11. The Kier molecular flexibility index (Phi) is 1.39. The lowest BCUT2D eigenvalue weighted by Gasteiger charge is -2.06. The molecule has 1 fully saturated rings. The summed E-state index contributed by atoms with van der Waals surface area (Å²) in [6.45, 7) is 4.47. The largest absolute Gasteiger partial charge is 0.478 e. The van der Waals surface area contributed by atoms with Crippen LogP contribution in [0.2, 0.25) is 0 Å². The zero-order valence-corrected chi connectivity index (χ0v) is 7.50. The van der Waals surface area contributed by atoms with Crippen molar-refractivity contribution in [2.24, 2.45) is 17.3 Å². The van der Waals surface area contributed by atoms with Gasteiger partial charge in [0.1, 0.15) is 0 Å². The first-order chi connectivity index (χ1) is 5.53. The van der Waals surface area contributed by atoms with Crippen molar-refractivity contribution in [3.63, 3.8) is 0 Å². The van der Waals surface area contributed by atoms with Crippen LogP contribution in [0.5, 0.6) is 0 Å². The Hall–Kier alpha value is -0.790. The number of hydrogen-bond acceptors (Lipinski definition) is 1. The Bertz CT molecular complexity index is 263. The van der Waals surface area contributed by atoms with Crippen LogP contribution in [0.3, 0.4) is 0 Å². The van der Waals surface area contributed by atoms with Crippen molar-refractivity contribution >= 4 is 5.97 Å². The average molecular weight is 166 g/mol. The molecule has 0 saturated heterocycles. The molecule has 12 heavy (non-hydrogen) atoms. The van der Waals surface area contributed by atoms with Gasteiger partial charge >= 0.3 is 5.97 Å². The van der Waals surface area contributed by atoms with E-state index in [9.17, 15) is 4.79 Å². The van der Waals surface area contributed by atoms with E-state index in [4.69, 9.17) is 5.11 Å². The summed E-state index contributed by atoms with van der Waals surface area (Å²) in [4.78, 5) is 10.7. The fourth-order valence-electron chi connectivity index (χ4n) is 2.49. The normalized spacial score (nSPS) is 36.7. The van der Waals surface area contributed by atoms with Crippen LogP contribution in [0.25, 0.3) is 0 Å². The molecular weight excluding hydrogens is 152 g/mol. The molecule has 0 aromatic rings. The Morgan fingerprint density at radius 3 is 2.75 bits per heavy atom. The summed E-state index contributed by atoms with van der Waals surface area (Å²) < 4.78 is 0. The molecular formula is C10H14O2. The molecule has 2 heteroatoms. The maximum Gasteiger partial charge on any atom is 0.331 e. The second-order valence-corrected chi connectivity index (χ2v) is 4.51. The summed E-state index contributed by atoms with van der Waals surface area (Å²) in [5.74, 6) is 0.658. The van der Waals surface area contributed by atoms with E-state index in [2.05, 4.69) is 13.8 Å². The topological polar surface area (TPSA) is 37.3 Å². The highest BCUT2D eigenvalue weighted by Crippen LogP contribution is 2.64. The third-order valence-electron chi connectivity index (χ3n) is 3.62. The smallest absolute Gasteiger partial charge is 0.331 e.